The van der Waals surface area contributed by atoms with Crippen molar-refractivity contribution in [2.75, 3.05) is 51.0 Å². The molecule has 28 heavy (non-hydrogen) atoms. The molecule has 0 bridgehead atoms. The number of rotatable bonds is 17. The molecule has 166 valence electrons. The van der Waals surface area contributed by atoms with E-state index in [9.17, 15) is 18.7 Å². The molecular weight excluding hydrogens is 450 g/mol. The van der Waals surface area contributed by atoms with E-state index in [1.165, 1.54) is 0 Å². The molecule has 14 heteroatoms. The van der Waals surface area contributed by atoms with Crippen molar-refractivity contribution < 1.29 is 36.8 Å². The molecule has 0 aliphatic rings. The summed E-state index contributed by atoms with van der Waals surface area (Å²) in [4.78, 5) is 23.6. The Balaban J connectivity index is 4.08. The Morgan fingerprint density at radius 2 is 0.964 bits per heavy atom. The minimum absolute atomic E-state index is 0.0903. The molecule has 0 aliphatic carbocycles. The fraction of sp³-hybridized carbons (Fsp3) is 0.857. The number of hydrogen-bond acceptors (Lipinski definition) is 10. The minimum Gasteiger partial charge on any atom is -0.354 e. The summed E-state index contributed by atoms with van der Waals surface area (Å²) in [5, 5.41) is 5.18. The van der Waals surface area contributed by atoms with Crippen molar-refractivity contribution in [2.24, 2.45) is 0 Å². The quantitative estimate of drug-likeness (QED) is 0.237. The maximum absolute atomic E-state index is 12.2. The summed E-state index contributed by atoms with van der Waals surface area (Å²) in [7, 11) is 0. The molecule has 2 amide bonds. The van der Waals surface area contributed by atoms with E-state index in [0.29, 0.717) is 0 Å². The average Bonchev–Trinajstić information content (AvgIpc) is 2.63. The SMILES string of the molecule is CCOP(=O)(OCC)SCC(=O)NCCNC(=O)CSP(=O)(OCC)OCC. The maximum Gasteiger partial charge on any atom is 0.389 e. The second kappa shape index (κ2) is 15.7. The molecule has 10 nitrogen and oxygen atoms in total. The zero-order chi connectivity index (χ0) is 21.5. The zero-order valence-electron chi connectivity index (χ0n) is 16.6. The first-order valence-corrected chi connectivity index (χ1v) is 15.1. The van der Waals surface area contributed by atoms with Crippen molar-refractivity contribution in [2.45, 2.75) is 27.7 Å². The topological polar surface area (TPSA) is 129 Å². The zero-order valence-corrected chi connectivity index (χ0v) is 20.1. The van der Waals surface area contributed by atoms with Gasteiger partial charge in [0.1, 0.15) is 0 Å². The van der Waals surface area contributed by atoms with Gasteiger partial charge in [0, 0.05) is 13.1 Å². The lowest BCUT2D eigenvalue weighted by Crippen LogP contribution is -2.36. The van der Waals surface area contributed by atoms with Crippen LogP contribution in [0.5, 0.6) is 0 Å². The van der Waals surface area contributed by atoms with E-state index in [-0.39, 0.29) is 62.8 Å². The molecule has 0 saturated heterocycles. The van der Waals surface area contributed by atoms with E-state index in [0.717, 1.165) is 22.8 Å². The number of carbonyl (C=O) groups is 2. The van der Waals surface area contributed by atoms with Crippen molar-refractivity contribution in [3.8, 4) is 0 Å². The molecule has 0 fully saturated rings. The Bertz CT molecular complexity index is 499. The molecule has 0 heterocycles. The lowest BCUT2D eigenvalue weighted by atomic mass is 10.5. The molecule has 0 aromatic heterocycles. The van der Waals surface area contributed by atoms with Crippen molar-refractivity contribution >= 4 is 48.2 Å². The van der Waals surface area contributed by atoms with Gasteiger partial charge < -0.3 is 28.7 Å². The molecule has 0 spiro atoms. The van der Waals surface area contributed by atoms with Crippen LogP contribution in [-0.4, -0.2) is 62.8 Å². The summed E-state index contributed by atoms with van der Waals surface area (Å²) in [6, 6.07) is 0. The summed E-state index contributed by atoms with van der Waals surface area (Å²) in [6.07, 6.45) is 0. The van der Waals surface area contributed by atoms with Crippen LogP contribution in [0.15, 0.2) is 0 Å². The van der Waals surface area contributed by atoms with E-state index in [2.05, 4.69) is 10.6 Å². The molecule has 0 rings (SSSR count). The van der Waals surface area contributed by atoms with Gasteiger partial charge >= 0.3 is 13.6 Å². The minimum atomic E-state index is -3.33. The average molecular weight is 480 g/mol. The van der Waals surface area contributed by atoms with Crippen molar-refractivity contribution in [1.82, 2.24) is 10.6 Å². The van der Waals surface area contributed by atoms with Gasteiger partial charge in [0.25, 0.3) is 0 Å². The van der Waals surface area contributed by atoms with Gasteiger partial charge in [-0.15, -0.1) is 0 Å². The van der Waals surface area contributed by atoms with E-state index >= 15 is 0 Å². The molecule has 2 N–H and O–H groups in total. The van der Waals surface area contributed by atoms with Gasteiger partial charge in [-0.3, -0.25) is 9.59 Å². The predicted octanol–water partition coefficient (Wildman–Crippen LogP) is 3.05. The van der Waals surface area contributed by atoms with E-state index in [1.54, 1.807) is 27.7 Å². The summed E-state index contributed by atoms with van der Waals surface area (Å²) in [5.74, 6) is -0.893. The predicted molar refractivity (Wildman–Crippen MR) is 113 cm³/mol. The lowest BCUT2D eigenvalue weighted by molar-refractivity contribution is -0.120. The highest BCUT2D eigenvalue weighted by molar-refractivity contribution is 8.55. The monoisotopic (exact) mass is 480 g/mol. The fourth-order valence-electron chi connectivity index (χ4n) is 1.64. The van der Waals surface area contributed by atoms with Crippen LogP contribution >= 0.6 is 36.4 Å². The van der Waals surface area contributed by atoms with Crippen LogP contribution in [0.2, 0.25) is 0 Å². The van der Waals surface area contributed by atoms with Crippen LogP contribution in [0, 0.1) is 0 Å². The molecule has 0 atom stereocenters. The van der Waals surface area contributed by atoms with Crippen molar-refractivity contribution in [3.05, 3.63) is 0 Å². The normalized spacial score (nSPS) is 12.0. The Labute approximate surface area is 174 Å². The Morgan fingerprint density at radius 1 is 0.679 bits per heavy atom. The standard InChI is InChI=1S/C14H30N2O8P2S2/c1-5-21-25(19,22-6-2)27-11-13(17)15-9-10-16-14(18)12-28-26(20,23-7-3)24-8-4/h5-12H2,1-4H3,(H,15,17)(H,16,18). The molecule has 0 unspecified atom stereocenters. The maximum atomic E-state index is 12.2. The van der Waals surface area contributed by atoms with Crippen LogP contribution < -0.4 is 10.6 Å². The summed E-state index contributed by atoms with van der Waals surface area (Å²) in [5.41, 5.74) is 0. The highest BCUT2D eigenvalue weighted by Gasteiger charge is 2.26. The number of nitrogens with one attached hydrogen (secondary N) is 2. The fourth-order valence-corrected chi connectivity index (χ4v) is 7.92. The van der Waals surface area contributed by atoms with Crippen molar-refractivity contribution in [1.29, 1.82) is 0 Å². The summed E-state index contributed by atoms with van der Waals surface area (Å²) in [6.45, 7) is 1.35. The van der Waals surface area contributed by atoms with Crippen molar-refractivity contribution in [3.63, 3.8) is 0 Å². The second-order valence-electron chi connectivity index (χ2n) is 4.81. The smallest absolute Gasteiger partial charge is 0.354 e. The highest BCUT2D eigenvalue weighted by atomic mass is 32.7. The molecule has 0 radical (unpaired) electrons. The first-order chi connectivity index (χ1) is 13.2. The van der Waals surface area contributed by atoms with Gasteiger partial charge in [0.2, 0.25) is 11.8 Å². The van der Waals surface area contributed by atoms with Gasteiger partial charge in [-0.1, -0.05) is 0 Å². The van der Waals surface area contributed by atoms with E-state index in [4.69, 9.17) is 18.1 Å². The van der Waals surface area contributed by atoms with E-state index in [1.807, 2.05) is 0 Å². The largest absolute Gasteiger partial charge is 0.389 e. The molecular formula is C14H30N2O8P2S2. The van der Waals surface area contributed by atoms with Gasteiger partial charge in [0.05, 0.1) is 37.9 Å². The summed E-state index contributed by atoms with van der Waals surface area (Å²) >= 11 is 1.63. The second-order valence-corrected chi connectivity index (χ2v) is 13.0. The van der Waals surface area contributed by atoms with Crippen LogP contribution in [0.4, 0.5) is 0 Å². The van der Waals surface area contributed by atoms with Gasteiger partial charge in [0.15, 0.2) is 0 Å². The van der Waals surface area contributed by atoms with Crippen LogP contribution in [-0.2, 0) is 36.8 Å². The Kier molecular flexibility index (Phi) is 15.7. The van der Waals surface area contributed by atoms with E-state index < -0.39 is 13.6 Å². The van der Waals surface area contributed by atoms with Gasteiger partial charge in [-0.2, -0.15) is 0 Å². The van der Waals surface area contributed by atoms with Crippen LogP contribution in [0.1, 0.15) is 27.7 Å². The third-order valence-corrected chi connectivity index (χ3v) is 10.3. The first-order valence-electron chi connectivity index (χ1n) is 8.84. The first kappa shape index (κ1) is 27.9. The van der Waals surface area contributed by atoms with Gasteiger partial charge in [-0.25, -0.2) is 9.13 Å². The highest BCUT2D eigenvalue weighted by Crippen LogP contribution is 2.60. The third-order valence-electron chi connectivity index (χ3n) is 2.63. The number of amides is 2. The molecule has 0 aliphatic heterocycles. The van der Waals surface area contributed by atoms with Gasteiger partial charge in [-0.05, 0) is 50.5 Å². The third kappa shape index (κ3) is 13.2. The molecule has 0 aromatic carbocycles. The molecule has 0 aromatic rings. The van der Waals surface area contributed by atoms with Crippen LogP contribution in [0.3, 0.4) is 0 Å². The lowest BCUT2D eigenvalue weighted by Gasteiger charge is -2.16. The number of carbonyl (C=O) groups excluding carboxylic acids is 2. The Morgan fingerprint density at radius 3 is 1.21 bits per heavy atom. The number of hydrogen-bond donors (Lipinski definition) is 2. The Hall–Kier alpha value is -0.0600. The molecule has 0 saturated carbocycles. The summed E-state index contributed by atoms with van der Waals surface area (Å²) < 4.78 is 44.8. The van der Waals surface area contributed by atoms with Crippen LogP contribution in [0.25, 0.3) is 0 Å².